The van der Waals surface area contributed by atoms with E-state index in [-0.39, 0.29) is 38.3 Å². The summed E-state index contributed by atoms with van der Waals surface area (Å²) < 4.78 is 43.4. The molecule has 2 rings (SSSR count). The van der Waals surface area contributed by atoms with E-state index in [0.29, 0.717) is 11.5 Å². The summed E-state index contributed by atoms with van der Waals surface area (Å²) >= 11 is 0. The third-order valence-corrected chi connectivity index (χ3v) is 7.07. The van der Waals surface area contributed by atoms with Crippen molar-refractivity contribution in [3.8, 4) is 11.5 Å². The lowest BCUT2D eigenvalue weighted by atomic mass is 9.73. The summed E-state index contributed by atoms with van der Waals surface area (Å²) in [5.41, 5.74) is 4.02. The minimum atomic E-state index is -0.964. The first kappa shape index (κ1) is 36.0. The fourth-order valence-electron chi connectivity index (χ4n) is 4.97. The fraction of sp³-hybridized carbons (Fsp3) is 0.636. The number of hydrogen-bond acceptors (Lipinski definition) is 10. The second-order valence-electron chi connectivity index (χ2n) is 10.8. The summed E-state index contributed by atoms with van der Waals surface area (Å²) in [5.74, 6) is 1.00. The van der Waals surface area contributed by atoms with Gasteiger partial charge in [0.05, 0.1) is 13.2 Å². The summed E-state index contributed by atoms with van der Waals surface area (Å²) in [6, 6.07) is 3.96. The highest BCUT2D eigenvalue weighted by molar-refractivity contribution is 5.60. The molecule has 4 unspecified atom stereocenters. The number of rotatable bonds is 18. The zero-order valence-corrected chi connectivity index (χ0v) is 26.9. The molecule has 10 heteroatoms. The van der Waals surface area contributed by atoms with Crippen LogP contribution in [0.15, 0.2) is 35.9 Å². The number of unbranched alkanes of at least 4 members (excludes halogenated alkanes) is 2. The number of methoxy groups -OCH3 is 2. The molecule has 1 aliphatic rings. The van der Waals surface area contributed by atoms with Crippen LogP contribution in [0.2, 0.25) is 0 Å². The molecule has 0 saturated heterocycles. The largest absolute Gasteiger partial charge is 0.511 e. The Labute approximate surface area is 256 Å². The van der Waals surface area contributed by atoms with Gasteiger partial charge in [-0.1, -0.05) is 43.6 Å². The molecule has 0 aromatic heterocycles. The van der Waals surface area contributed by atoms with Crippen molar-refractivity contribution < 1.29 is 47.5 Å². The molecular formula is C33H50O10. The van der Waals surface area contributed by atoms with E-state index in [9.17, 15) is 9.59 Å². The number of benzene rings is 1. The van der Waals surface area contributed by atoms with E-state index in [0.717, 1.165) is 55.2 Å². The van der Waals surface area contributed by atoms with Crippen molar-refractivity contribution in [2.75, 3.05) is 40.6 Å². The average Bonchev–Trinajstić information content (AvgIpc) is 2.93. The summed E-state index contributed by atoms with van der Waals surface area (Å²) in [4.78, 5) is 24.5. The van der Waals surface area contributed by atoms with Gasteiger partial charge in [0.15, 0.2) is 0 Å². The lowest BCUT2D eigenvalue weighted by molar-refractivity contribution is -0.0599. The minimum absolute atomic E-state index is 0.0659. The molecule has 0 spiro atoms. The molecule has 242 valence electrons. The van der Waals surface area contributed by atoms with Gasteiger partial charge in [0.25, 0.3) is 0 Å². The van der Waals surface area contributed by atoms with Crippen molar-refractivity contribution in [3.05, 3.63) is 47.1 Å². The van der Waals surface area contributed by atoms with Crippen LogP contribution in [0.5, 0.6) is 11.5 Å². The molecule has 43 heavy (non-hydrogen) atoms. The minimum Gasteiger partial charge on any atom is -0.454 e. The Morgan fingerprint density at radius 2 is 1.44 bits per heavy atom. The molecule has 0 saturated carbocycles. The lowest BCUT2D eigenvalue weighted by Crippen LogP contribution is -2.26. The molecule has 1 aliphatic carbocycles. The van der Waals surface area contributed by atoms with Gasteiger partial charge in [-0.05, 0) is 63.1 Å². The SMILES string of the molecule is C=C(C)C1CCC(C)=CC1c1c(OC(C)OC(=O)OCCOC)cc(CCCCC)cc1OC(C)OC(=O)OCCOC. The Morgan fingerprint density at radius 3 is 1.91 bits per heavy atom. The van der Waals surface area contributed by atoms with E-state index < -0.39 is 24.9 Å². The molecule has 1 aromatic carbocycles. The van der Waals surface area contributed by atoms with Crippen molar-refractivity contribution in [1.82, 2.24) is 0 Å². The first-order valence-corrected chi connectivity index (χ1v) is 15.1. The number of hydrogen-bond donors (Lipinski definition) is 0. The smallest absolute Gasteiger partial charge is 0.454 e. The Bertz CT molecular complexity index is 1010. The van der Waals surface area contributed by atoms with E-state index in [1.807, 2.05) is 19.1 Å². The molecule has 0 aliphatic heterocycles. The van der Waals surface area contributed by atoms with Crippen LogP contribution in [0.25, 0.3) is 0 Å². The quantitative estimate of drug-likeness (QED) is 0.0722. The van der Waals surface area contributed by atoms with Crippen molar-refractivity contribution in [2.24, 2.45) is 5.92 Å². The average molecular weight is 607 g/mol. The first-order valence-electron chi connectivity index (χ1n) is 15.1. The third kappa shape index (κ3) is 12.5. The van der Waals surface area contributed by atoms with Crippen LogP contribution >= 0.6 is 0 Å². The Balaban J connectivity index is 2.52. The topological polar surface area (TPSA) is 108 Å². The van der Waals surface area contributed by atoms with Gasteiger partial charge in [-0.25, -0.2) is 9.59 Å². The molecule has 0 bridgehead atoms. The number of ether oxygens (including phenoxy) is 8. The fourth-order valence-corrected chi connectivity index (χ4v) is 4.97. The summed E-state index contributed by atoms with van der Waals surface area (Å²) in [6.07, 6.45) is 4.33. The second kappa shape index (κ2) is 19.1. The Hall–Kier alpha value is -3.24. The van der Waals surface area contributed by atoms with Gasteiger partial charge in [-0.15, -0.1) is 0 Å². The number of allylic oxidation sites excluding steroid dienone is 3. The Morgan fingerprint density at radius 1 is 0.907 bits per heavy atom. The maximum atomic E-state index is 12.2. The van der Waals surface area contributed by atoms with Gasteiger partial charge in [-0.2, -0.15) is 0 Å². The van der Waals surface area contributed by atoms with E-state index >= 15 is 0 Å². The molecule has 1 aromatic rings. The maximum absolute atomic E-state index is 12.2. The highest BCUT2D eigenvalue weighted by atomic mass is 16.8. The van der Waals surface area contributed by atoms with Crippen LogP contribution < -0.4 is 9.47 Å². The van der Waals surface area contributed by atoms with Gasteiger partial charge in [-0.3, -0.25) is 0 Å². The van der Waals surface area contributed by atoms with Gasteiger partial charge in [0.1, 0.15) is 24.7 Å². The van der Waals surface area contributed by atoms with Gasteiger partial charge >= 0.3 is 12.3 Å². The number of aryl methyl sites for hydroxylation is 1. The van der Waals surface area contributed by atoms with E-state index in [4.69, 9.17) is 37.9 Å². The lowest BCUT2D eigenvalue weighted by Gasteiger charge is -2.33. The molecule has 0 heterocycles. The van der Waals surface area contributed by atoms with Crippen LogP contribution in [-0.4, -0.2) is 65.5 Å². The first-order chi connectivity index (χ1) is 20.6. The van der Waals surface area contributed by atoms with Crippen molar-refractivity contribution in [1.29, 1.82) is 0 Å². The Kier molecular flexibility index (Phi) is 16.0. The van der Waals surface area contributed by atoms with Gasteiger partial charge in [0.2, 0.25) is 12.6 Å². The normalized spacial score (nSPS) is 17.7. The summed E-state index contributed by atoms with van der Waals surface area (Å²) in [5, 5.41) is 0. The standard InChI is InChI=1S/C33H50O10/c1-9-10-11-12-26-20-29(40-24(5)42-32(34)38-17-15-36-7)31(28-19-23(4)13-14-27(28)22(2)3)30(21-26)41-25(6)43-33(35)39-18-16-37-8/h19-21,24-25,27-28H,2,9-18H2,1,3-8H3. The summed E-state index contributed by atoms with van der Waals surface area (Å²) in [6.45, 7) is 14.5. The van der Waals surface area contributed by atoms with Crippen molar-refractivity contribution >= 4 is 12.3 Å². The van der Waals surface area contributed by atoms with E-state index in [1.165, 1.54) is 19.8 Å². The number of carbonyl (C=O) groups is 2. The molecule has 10 nitrogen and oxygen atoms in total. The number of carbonyl (C=O) groups excluding carboxylic acids is 2. The van der Waals surface area contributed by atoms with Gasteiger partial charge < -0.3 is 37.9 Å². The molecule has 0 radical (unpaired) electrons. The molecule has 4 atom stereocenters. The monoisotopic (exact) mass is 606 g/mol. The molecule has 0 fully saturated rings. The van der Waals surface area contributed by atoms with Crippen LogP contribution in [0.1, 0.15) is 83.8 Å². The second-order valence-corrected chi connectivity index (χ2v) is 10.8. The predicted molar refractivity (Wildman–Crippen MR) is 163 cm³/mol. The highest BCUT2D eigenvalue weighted by Gasteiger charge is 2.33. The van der Waals surface area contributed by atoms with Crippen LogP contribution in [0.3, 0.4) is 0 Å². The van der Waals surface area contributed by atoms with Crippen LogP contribution in [-0.2, 0) is 34.8 Å². The van der Waals surface area contributed by atoms with E-state index in [2.05, 4.69) is 26.5 Å². The predicted octanol–water partition coefficient (Wildman–Crippen LogP) is 7.48. The molecule has 0 N–H and O–H groups in total. The third-order valence-electron chi connectivity index (χ3n) is 7.07. The zero-order valence-electron chi connectivity index (χ0n) is 26.9. The molecule has 0 amide bonds. The van der Waals surface area contributed by atoms with Crippen molar-refractivity contribution in [2.45, 2.75) is 91.6 Å². The zero-order chi connectivity index (χ0) is 31.8. The maximum Gasteiger partial charge on any atom is 0.511 e. The van der Waals surface area contributed by atoms with Gasteiger partial charge in [0, 0.05) is 39.5 Å². The van der Waals surface area contributed by atoms with E-state index in [1.54, 1.807) is 13.8 Å². The van der Waals surface area contributed by atoms with Crippen LogP contribution in [0, 0.1) is 5.92 Å². The highest BCUT2D eigenvalue weighted by Crippen LogP contribution is 2.48. The molecular weight excluding hydrogens is 556 g/mol. The van der Waals surface area contributed by atoms with Crippen molar-refractivity contribution in [3.63, 3.8) is 0 Å². The summed E-state index contributed by atoms with van der Waals surface area (Å²) in [7, 11) is 3.04. The van der Waals surface area contributed by atoms with Crippen LogP contribution in [0.4, 0.5) is 9.59 Å².